The van der Waals surface area contributed by atoms with Crippen LogP contribution in [0.15, 0.2) is 83.4 Å². The van der Waals surface area contributed by atoms with E-state index in [0.29, 0.717) is 29.4 Å². The Morgan fingerprint density at radius 2 is 1.55 bits per heavy atom. The molecule has 7 heteroatoms. The Labute approximate surface area is 225 Å². The predicted molar refractivity (Wildman–Crippen MR) is 147 cm³/mol. The van der Waals surface area contributed by atoms with Crippen molar-refractivity contribution in [3.05, 3.63) is 101 Å². The van der Waals surface area contributed by atoms with Crippen LogP contribution in [-0.4, -0.2) is 33.8 Å². The molecule has 1 aliphatic carbocycles. The van der Waals surface area contributed by atoms with Crippen molar-refractivity contribution >= 4 is 22.9 Å². The normalized spacial score (nSPS) is 14.6. The summed E-state index contributed by atoms with van der Waals surface area (Å²) in [7, 11) is 0. The maximum Gasteiger partial charge on any atom is 0.316 e. The fourth-order valence-corrected chi connectivity index (χ4v) is 5.83. The highest BCUT2D eigenvalue weighted by Crippen LogP contribution is 2.49. The van der Waals surface area contributed by atoms with Gasteiger partial charge in [-0.25, -0.2) is 0 Å². The Bertz CT molecular complexity index is 1420. The predicted octanol–water partition coefficient (Wildman–Crippen LogP) is 6.04. The smallest absolute Gasteiger partial charge is 0.316 e. The maximum absolute atomic E-state index is 13.1. The van der Waals surface area contributed by atoms with Crippen LogP contribution in [-0.2, 0) is 31.9 Å². The molecule has 6 nitrogen and oxygen atoms in total. The van der Waals surface area contributed by atoms with Gasteiger partial charge in [-0.2, -0.15) is 0 Å². The molecule has 4 aromatic rings. The number of hydrogen-bond donors (Lipinski definition) is 0. The first-order chi connectivity index (χ1) is 18.4. The van der Waals surface area contributed by atoms with Gasteiger partial charge < -0.3 is 13.8 Å². The number of benzene rings is 3. The second kappa shape index (κ2) is 11.0. The van der Waals surface area contributed by atoms with Crippen molar-refractivity contribution in [3.63, 3.8) is 0 Å². The van der Waals surface area contributed by atoms with E-state index in [1.807, 2.05) is 85.8 Å². The van der Waals surface area contributed by atoms with Crippen LogP contribution >= 0.6 is 0 Å². The standard InChI is InChI=1S/C31H29NO5S/c1-3-36-30(34)31(17-18-31)26-15-13-24(14-16-26)23-9-11-25(12-10-23)29-28(21(2)32-37-29)27(33)20-38(35)19-22-7-5-4-6-8-22/h4-16H,3,17-20H2,1-2H3. The summed E-state index contributed by atoms with van der Waals surface area (Å²) in [4.78, 5) is 25.5. The van der Waals surface area contributed by atoms with E-state index in [1.165, 1.54) is 0 Å². The number of Topliss-reactive ketones (excluding diaryl/α,β-unsaturated/α-hetero) is 1. The van der Waals surface area contributed by atoms with Crippen LogP contribution in [0, 0.1) is 6.92 Å². The topological polar surface area (TPSA) is 92.5 Å². The van der Waals surface area contributed by atoms with Crippen molar-refractivity contribution in [1.29, 1.82) is 0 Å². The number of carbonyl (C=O) groups is 2. The molecule has 0 N–H and O–H groups in total. The number of aryl methyl sites for hydroxylation is 1. The molecule has 38 heavy (non-hydrogen) atoms. The Morgan fingerprint density at radius 3 is 2.16 bits per heavy atom. The highest BCUT2D eigenvalue weighted by atomic mass is 32.2. The summed E-state index contributed by atoms with van der Waals surface area (Å²) in [5.41, 5.74) is 5.02. The van der Waals surface area contributed by atoms with E-state index in [0.717, 1.165) is 40.7 Å². The van der Waals surface area contributed by atoms with Crippen LogP contribution < -0.4 is 0 Å². The minimum Gasteiger partial charge on any atom is -0.616 e. The molecule has 0 aliphatic heterocycles. The lowest BCUT2D eigenvalue weighted by molar-refractivity contribution is -0.146. The van der Waals surface area contributed by atoms with Gasteiger partial charge in [-0.3, -0.25) is 9.59 Å². The molecule has 1 unspecified atom stereocenters. The van der Waals surface area contributed by atoms with Gasteiger partial charge in [0, 0.05) is 11.1 Å². The number of hydrogen-bond acceptors (Lipinski definition) is 6. The molecule has 0 amide bonds. The van der Waals surface area contributed by atoms with E-state index in [2.05, 4.69) is 5.16 Å². The molecule has 1 heterocycles. The van der Waals surface area contributed by atoms with Gasteiger partial charge in [0.25, 0.3) is 0 Å². The monoisotopic (exact) mass is 527 g/mol. The summed E-state index contributed by atoms with van der Waals surface area (Å²) in [5.74, 6) is 0.218. The molecule has 194 valence electrons. The van der Waals surface area contributed by atoms with Gasteiger partial charge in [0.2, 0.25) is 5.78 Å². The summed E-state index contributed by atoms with van der Waals surface area (Å²) in [6.45, 7) is 3.93. The Kier molecular flexibility index (Phi) is 7.49. The molecule has 3 aromatic carbocycles. The van der Waals surface area contributed by atoms with Crippen LogP contribution in [0.5, 0.6) is 0 Å². The molecular formula is C31H29NO5S. The molecular weight excluding hydrogens is 498 g/mol. The van der Waals surface area contributed by atoms with Gasteiger partial charge in [-0.1, -0.05) is 84.0 Å². The first-order valence-electron chi connectivity index (χ1n) is 12.7. The number of esters is 1. The van der Waals surface area contributed by atoms with Crippen LogP contribution in [0.2, 0.25) is 0 Å². The van der Waals surface area contributed by atoms with E-state index in [4.69, 9.17) is 9.26 Å². The van der Waals surface area contributed by atoms with Gasteiger partial charge in [0.05, 0.1) is 23.3 Å². The third kappa shape index (κ3) is 5.30. The Hall–Kier alpha value is -3.68. The second-order valence-corrected chi connectivity index (χ2v) is 11.0. The minimum atomic E-state index is -1.34. The number of nitrogens with zero attached hydrogens (tertiary/aromatic N) is 1. The zero-order valence-electron chi connectivity index (χ0n) is 21.4. The maximum atomic E-state index is 13.1. The molecule has 1 saturated carbocycles. The van der Waals surface area contributed by atoms with Crippen molar-refractivity contribution in [2.75, 3.05) is 12.4 Å². The van der Waals surface area contributed by atoms with E-state index >= 15 is 0 Å². The van der Waals surface area contributed by atoms with E-state index < -0.39 is 16.6 Å². The van der Waals surface area contributed by atoms with Crippen LogP contribution in [0.4, 0.5) is 0 Å². The largest absolute Gasteiger partial charge is 0.616 e. The van der Waals surface area contributed by atoms with Crippen LogP contribution in [0.25, 0.3) is 22.5 Å². The second-order valence-electron chi connectivity index (χ2n) is 9.57. The molecule has 1 atom stereocenters. The van der Waals surface area contributed by atoms with Crippen molar-refractivity contribution in [3.8, 4) is 22.5 Å². The molecule has 1 fully saturated rings. The van der Waals surface area contributed by atoms with Crippen molar-refractivity contribution in [2.24, 2.45) is 0 Å². The SMILES string of the molecule is CCOC(=O)C1(c2ccc(-c3ccc(-c4onc(C)c4C(=O)C[S+]([O-])Cc4ccccc4)cc3)cc2)CC1. The fourth-order valence-electron chi connectivity index (χ4n) is 4.73. The number of ketones is 1. The molecule has 5 rings (SSSR count). The molecule has 1 aromatic heterocycles. The van der Waals surface area contributed by atoms with Gasteiger partial charge in [0.1, 0.15) is 5.75 Å². The minimum absolute atomic E-state index is 0.0956. The van der Waals surface area contributed by atoms with E-state index in [-0.39, 0.29) is 17.5 Å². The van der Waals surface area contributed by atoms with Gasteiger partial charge in [-0.05, 0) is 54.6 Å². The quantitative estimate of drug-likeness (QED) is 0.142. The van der Waals surface area contributed by atoms with Gasteiger partial charge in [-0.15, -0.1) is 0 Å². The first kappa shape index (κ1) is 25.9. The average molecular weight is 528 g/mol. The third-order valence-electron chi connectivity index (χ3n) is 6.94. The molecule has 1 aliphatic rings. The van der Waals surface area contributed by atoms with E-state index in [1.54, 1.807) is 6.92 Å². The molecule has 0 radical (unpaired) electrons. The lowest BCUT2D eigenvalue weighted by Gasteiger charge is -2.14. The zero-order valence-corrected chi connectivity index (χ0v) is 22.3. The van der Waals surface area contributed by atoms with Crippen molar-refractivity contribution in [1.82, 2.24) is 5.16 Å². The van der Waals surface area contributed by atoms with Crippen molar-refractivity contribution < 1.29 is 23.4 Å². The summed E-state index contributed by atoms with van der Waals surface area (Å²) in [5, 5.41) is 4.02. The highest BCUT2D eigenvalue weighted by molar-refractivity contribution is 7.91. The number of ether oxygens (including phenoxy) is 1. The summed E-state index contributed by atoms with van der Waals surface area (Å²) in [6, 6.07) is 25.2. The highest BCUT2D eigenvalue weighted by Gasteiger charge is 2.52. The summed E-state index contributed by atoms with van der Waals surface area (Å²) in [6.07, 6.45) is 1.63. The third-order valence-corrected chi connectivity index (χ3v) is 8.18. The zero-order chi connectivity index (χ0) is 26.7. The molecule has 0 bridgehead atoms. The number of rotatable bonds is 10. The Balaban J connectivity index is 1.30. The number of aromatic nitrogens is 1. The van der Waals surface area contributed by atoms with E-state index in [9.17, 15) is 14.1 Å². The van der Waals surface area contributed by atoms with Gasteiger partial charge in [0.15, 0.2) is 11.5 Å². The number of carbonyl (C=O) groups excluding carboxylic acids is 2. The Morgan fingerprint density at radius 1 is 0.947 bits per heavy atom. The lowest BCUT2D eigenvalue weighted by atomic mass is 9.93. The van der Waals surface area contributed by atoms with Crippen molar-refractivity contribution in [2.45, 2.75) is 37.9 Å². The van der Waals surface area contributed by atoms with Crippen LogP contribution in [0.3, 0.4) is 0 Å². The lowest BCUT2D eigenvalue weighted by Crippen LogP contribution is -2.23. The van der Waals surface area contributed by atoms with Gasteiger partial charge >= 0.3 is 5.97 Å². The molecule has 0 saturated heterocycles. The summed E-state index contributed by atoms with van der Waals surface area (Å²) >= 11 is -1.34. The van der Waals surface area contributed by atoms with Crippen LogP contribution in [0.1, 0.15) is 46.9 Å². The fraction of sp³-hybridized carbons (Fsp3) is 0.258. The first-order valence-corrected chi connectivity index (χ1v) is 14.2. The average Bonchev–Trinajstić information content (AvgIpc) is 3.65. The summed E-state index contributed by atoms with van der Waals surface area (Å²) < 4.78 is 23.5. The molecule has 0 spiro atoms.